The van der Waals surface area contributed by atoms with Gasteiger partial charge in [-0.3, -0.25) is 9.59 Å². The molecule has 4 atom stereocenters. The minimum absolute atomic E-state index is 0.0190. The number of benzene rings is 1. The number of nitrogens with one attached hydrogen (secondary N) is 1. The van der Waals surface area contributed by atoms with Gasteiger partial charge in [0.25, 0.3) is 5.91 Å². The van der Waals surface area contributed by atoms with Crippen LogP contribution in [0.4, 0.5) is 4.39 Å². The van der Waals surface area contributed by atoms with Crippen LogP contribution in [0, 0.1) is 5.82 Å². The molecule has 3 unspecified atom stereocenters. The van der Waals surface area contributed by atoms with Gasteiger partial charge in [-0.1, -0.05) is 18.2 Å². The Morgan fingerprint density at radius 3 is 2.87 bits per heavy atom. The average molecular weight is 430 g/mol. The number of fused-ring (bicyclic) bond motifs is 5. The Morgan fingerprint density at radius 1 is 1.26 bits per heavy atom. The average Bonchev–Trinajstić information content (AvgIpc) is 3.04. The summed E-state index contributed by atoms with van der Waals surface area (Å²) in [5.74, 6) is -0.748. The van der Waals surface area contributed by atoms with E-state index in [0.29, 0.717) is 31.6 Å². The summed E-state index contributed by atoms with van der Waals surface area (Å²) in [4.78, 5) is 26.7. The van der Waals surface area contributed by atoms with Gasteiger partial charge in [-0.15, -0.1) is 0 Å². The van der Waals surface area contributed by atoms with Crippen molar-refractivity contribution in [3.63, 3.8) is 0 Å². The van der Waals surface area contributed by atoms with E-state index in [-0.39, 0.29) is 49.0 Å². The molecule has 5 aliphatic rings. The molecule has 2 fully saturated rings. The maximum atomic E-state index is 14.6. The summed E-state index contributed by atoms with van der Waals surface area (Å²) in [5, 5.41) is 2.89. The van der Waals surface area contributed by atoms with Crippen molar-refractivity contribution < 1.29 is 28.2 Å². The van der Waals surface area contributed by atoms with Gasteiger partial charge in [0.1, 0.15) is 12.2 Å². The van der Waals surface area contributed by atoms with Crippen LogP contribution >= 0.6 is 0 Å². The van der Waals surface area contributed by atoms with Gasteiger partial charge in [0.15, 0.2) is 18.2 Å². The van der Waals surface area contributed by atoms with Crippen LogP contribution in [-0.4, -0.2) is 66.9 Å². The molecule has 31 heavy (non-hydrogen) atoms. The molecule has 6 rings (SSSR count). The number of halogens is 1. The van der Waals surface area contributed by atoms with E-state index < -0.39 is 11.4 Å². The summed E-state index contributed by atoms with van der Waals surface area (Å²) < 4.78 is 32.7. The lowest BCUT2D eigenvalue weighted by Crippen LogP contribution is -2.61. The van der Waals surface area contributed by atoms with Crippen molar-refractivity contribution in [3.05, 3.63) is 35.7 Å². The highest BCUT2D eigenvalue weighted by Gasteiger charge is 2.55. The number of allylic oxidation sites excluding steroid dienone is 1. The molecule has 2 bridgehead atoms. The Bertz CT molecular complexity index is 923. The molecule has 2 saturated heterocycles. The van der Waals surface area contributed by atoms with Crippen molar-refractivity contribution >= 4 is 17.4 Å². The number of morpholine rings is 1. The van der Waals surface area contributed by atoms with Crippen LogP contribution in [0.25, 0.3) is 5.57 Å². The molecular weight excluding hydrogens is 403 g/mol. The summed E-state index contributed by atoms with van der Waals surface area (Å²) >= 11 is 0. The molecule has 7 nitrogen and oxygen atoms in total. The predicted octanol–water partition coefficient (Wildman–Crippen LogP) is 2.05. The number of para-hydroxylation sites is 1. The fourth-order valence-corrected chi connectivity index (χ4v) is 5.40. The van der Waals surface area contributed by atoms with Gasteiger partial charge in [0.05, 0.1) is 18.8 Å². The normalized spacial score (nSPS) is 33.4. The fourth-order valence-electron chi connectivity index (χ4n) is 5.40. The van der Waals surface area contributed by atoms with E-state index in [2.05, 4.69) is 11.4 Å². The van der Waals surface area contributed by atoms with Crippen LogP contribution in [0.2, 0.25) is 0 Å². The van der Waals surface area contributed by atoms with E-state index >= 15 is 0 Å². The smallest absolute Gasteiger partial charge is 0.261 e. The number of amides is 2. The molecule has 166 valence electrons. The Labute approximate surface area is 180 Å². The molecule has 0 radical (unpaired) electrons. The third-order valence-corrected chi connectivity index (χ3v) is 6.93. The molecule has 1 N–H and O–H groups in total. The predicted molar refractivity (Wildman–Crippen MR) is 110 cm³/mol. The molecule has 1 aliphatic carbocycles. The molecule has 4 heterocycles. The zero-order chi connectivity index (χ0) is 21.6. The Hall–Kier alpha value is -2.45. The van der Waals surface area contributed by atoms with Crippen LogP contribution in [-0.2, 0) is 19.1 Å². The van der Waals surface area contributed by atoms with Crippen molar-refractivity contribution in [3.8, 4) is 5.75 Å². The first-order valence-corrected chi connectivity index (χ1v) is 10.9. The highest BCUT2D eigenvalue weighted by atomic mass is 19.1. The molecule has 2 amide bonds. The molecule has 1 spiro atoms. The summed E-state index contributed by atoms with van der Waals surface area (Å²) in [6.07, 6.45) is 4.96. The number of hydrogen-bond acceptors (Lipinski definition) is 5. The largest absolute Gasteiger partial charge is 0.480 e. The van der Waals surface area contributed by atoms with E-state index in [9.17, 15) is 14.0 Å². The first-order valence-electron chi connectivity index (χ1n) is 10.9. The highest BCUT2D eigenvalue weighted by Crippen LogP contribution is 2.40. The number of ether oxygens (including phenoxy) is 3. The number of carbonyl (C=O) groups excluding carboxylic acids is 2. The Morgan fingerprint density at radius 2 is 2.13 bits per heavy atom. The van der Waals surface area contributed by atoms with E-state index in [1.54, 1.807) is 11.0 Å². The van der Waals surface area contributed by atoms with Gasteiger partial charge in [0.2, 0.25) is 5.91 Å². The molecule has 1 aromatic carbocycles. The van der Waals surface area contributed by atoms with Crippen LogP contribution < -0.4 is 10.1 Å². The maximum Gasteiger partial charge on any atom is 0.261 e. The Balaban J connectivity index is 1.49. The van der Waals surface area contributed by atoms with Crippen molar-refractivity contribution in [1.29, 1.82) is 0 Å². The van der Waals surface area contributed by atoms with E-state index in [1.807, 2.05) is 13.0 Å². The standard InChI is InChI=1S/C23H27FN2O5/c1-14-9-23(13-25-20(27)11-31-23)19-10-29-16-7-5-15(6-8-16)17-3-2-4-18(24)22(17)30-12-21(28)26(14)19/h2-5,14,16,19H,6-13H2,1H3,(H,25,27)/t14-,16?,19?,23?/m1/s1. The zero-order valence-electron chi connectivity index (χ0n) is 17.6. The van der Waals surface area contributed by atoms with Gasteiger partial charge in [-0.05, 0) is 37.8 Å². The minimum Gasteiger partial charge on any atom is -0.480 e. The second kappa shape index (κ2) is 7.91. The van der Waals surface area contributed by atoms with Gasteiger partial charge in [0, 0.05) is 24.6 Å². The molecule has 8 heteroatoms. The minimum atomic E-state index is -0.692. The lowest BCUT2D eigenvalue weighted by atomic mass is 9.90. The zero-order valence-corrected chi connectivity index (χ0v) is 17.6. The monoisotopic (exact) mass is 430 g/mol. The van der Waals surface area contributed by atoms with Crippen LogP contribution in [0.1, 0.15) is 38.2 Å². The maximum absolute atomic E-state index is 14.6. The summed E-state index contributed by atoms with van der Waals surface area (Å²) in [7, 11) is 0. The molecular formula is C23H27FN2O5. The van der Waals surface area contributed by atoms with Crippen molar-refractivity contribution in [2.24, 2.45) is 0 Å². The third-order valence-electron chi connectivity index (χ3n) is 6.93. The molecule has 0 aromatic heterocycles. The van der Waals surface area contributed by atoms with Crippen molar-refractivity contribution in [2.45, 2.75) is 56.4 Å². The van der Waals surface area contributed by atoms with E-state index in [1.165, 1.54) is 6.07 Å². The first-order chi connectivity index (χ1) is 15.0. The number of rotatable bonds is 0. The second-order valence-corrected chi connectivity index (χ2v) is 8.86. The Kier molecular flexibility index (Phi) is 5.22. The topological polar surface area (TPSA) is 77.1 Å². The third kappa shape index (κ3) is 3.61. The lowest BCUT2D eigenvalue weighted by molar-refractivity contribution is -0.156. The van der Waals surface area contributed by atoms with Gasteiger partial charge >= 0.3 is 0 Å². The number of hydrogen-bond donors (Lipinski definition) is 1. The van der Waals surface area contributed by atoms with Crippen molar-refractivity contribution in [2.75, 3.05) is 26.4 Å². The molecule has 0 saturated carbocycles. The first kappa shape index (κ1) is 20.5. The van der Waals surface area contributed by atoms with Gasteiger partial charge < -0.3 is 24.4 Å². The highest BCUT2D eigenvalue weighted by molar-refractivity contribution is 5.81. The summed E-state index contributed by atoms with van der Waals surface area (Å²) in [5.41, 5.74) is 1.03. The molecule has 1 aromatic rings. The second-order valence-electron chi connectivity index (χ2n) is 8.86. The fraction of sp³-hybridized carbons (Fsp3) is 0.565. The van der Waals surface area contributed by atoms with Gasteiger partial charge in [-0.2, -0.15) is 0 Å². The van der Waals surface area contributed by atoms with Crippen LogP contribution in [0.5, 0.6) is 5.75 Å². The lowest BCUT2D eigenvalue weighted by Gasteiger charge is -2.40. The SMILES string of the molecule is C[C@@H]1CC2(CNC(=O)CO2)C2COC3CC=C(CC3)c3cccc(F)c3OCC(=O)N21. The van der Waals surface area contributed by atoms with E-state index in [4.69, 9.17) is 14.2 Å². The van der Waals surface area contributed by atoms with Crippen LogP contribution in [0.15, 0.2) is 24.3 Å². The quantitative estimate of drug-likeness (QED) is 0.682. The van der Waals surface area contributed by atoms with Crippen molar-refractivity contribution in [1.82, 2.24) is 10.2 Å². The van der Waals surface area contributed by atoms with Crippen LogP contribution in [0.3, 0.4) is 0 Å². The summed E-state index contributed by atoms with van der Waals surface area (Å²) in [6, 6.07) is 4.38. The number of nitrogens with zero attached hydrogens (tertiary/aromatic N) is 1. The molecule has 4 aliphatic heterocycles. The summed E-state index contributed by atoms with van der Waals surface area (Å²) in [6.45, 7) is 2.31. The number of carbonyl (C=O) groups is 2. The van der Waals surface area contributed by atoms with Gasteiger partial charge in [-0.25, -0.2) is 4.39 Å². The van der Waals surface area contributed by atoms with E-state index in [0.717, 1.165) is 18.4 Å².